The van der Waals surface area contributed by atoms with Gasteiger partial charge < -0.3 is 15.4 Å². The third kappa shape index (κ3) is 2.90. The molecule has 2 aromatic rings. The first-order valence-electron chi connectivity index (χ1n) is 5.32. The minimum atomic E-state index is -0.584. The highest BCUT2D eigenvalue weighted by molar-refractivity contribution is 9.10. The van der Waals surface area contributed by atoms with Gasteiger partial charge in [0.25, 0.3) is 0 Å². The molecule has 2 rings (SSSR count). The number of aromatic nitrogens is 2. The van der Waals surface area contributed by atoms with Crippen molar-refractivity contribution in [3.8, 4) is 0 Å². The molecule has 1 aromatic heterocycles. The number of hydrogen-bond acceptors (Lipinski definition) is 4. The van der Waals surface area contributed by atoms with Crippen LogP contribution in [0.1, 0.15) is 5.56 Å². The summed E-state index contributed by atoms with van der Waals surface area (Å²) in [6.45, 7) is 0.131. The molecule has 0 bridgehead atoms. The molecule has 0 saturated heterocycles. The Morgan fingerprint density at radius 1 is 1.58 bits per heavy atom. The molecular formula is C11H10BrFN4O2. The van der Waals surface area contributed by atoms with Crippen molar-refractivity contribution < 1.29 is 9.31 Å². The zero-order valence-electron chi connectivity index (χ0n) is 9.93. The van der Waals surface area contributed by atoms with E-state index in [4.69, 9.17) is 0 Å². The summed E-state index contributed by atoms with van der Waals surface area (Å²) in [5.74, 6) is -0.414. The maximum atomic E-state index is 13.5. The third-order valence-corrected chi connectivity index (χ3v) is 3.04. The van der Waals surface area contributed by atoms with Crippen molar-refractivity contribution in [1.82, 2.24) is 9.55 Å². The van der Waals surface area contributed by atoms with Crippen molar-refractivity contribution in [3.63, 3.8) is 0 Å². The maximum Gasteiger partial charge on any atom is 0.406 e. The second-order valence-electron chi connectivity index (χ2n) is 3.87. The highest BCUT2D eigenvalue weighted by Gasteiger charge is 2.19. The number of hydrogen-bond donors (Lipinski definition) is 1. The lowest BCUT2D eigenvalue weighted by Crippen LogP contribution is -2.07. The van der Waals surface area contributed by atoms with Crippen LogP contribution < -0.4 is 5.32 Å². The van der Waals surface area contributed by atoms with Crippen LogP contribution in [-0.4, -0.2) is 14.5 Å². The molecule has 0 aliphatic rings. The molecule has 1 N–H and O–H groups in total. The number of aryl methyl sites for hydroxylation is 1. The second kappa shape index (κ2) is 5.35. The van der Waals surface area contributed by atoms with Gasteiger partial charge in [0.15, 0.2) is 0 Å². The predicted octanol–water partition coefficient (Wildman–Crippen LogP) is 2.84. The molecule has 0 aliphatic heterocycles. The summed E-state index contributed by atoms with van der Waals surface area (Å²) in [6, 6.07) is 4.54. The molecule has 0 amide bonds. The Kier molecular flexibility index (Phi) is 3.79. The van der Waals surface area contributed by atoms with Crippen LogP contribution in [0.5, 0.6) is 0 Å². The van der Waals surface area contributed by atoms with Crippen LogP contribution in [0.3, 0.4) is 0 Å². The number of rotatable bonds is 4. The standard InChI is InChI=1S/C11H10BrFN4O2/c1-16-6-15-11(17(18)19)10(16)14-5-7-4-8(12)2-3-9(7)13/h2-4,6,14H,5H2,1H3. The first-order valence-corrected chi connectivity index (χ1v) is 6.12. The minimum absolute atomic E-state index is 0.131. The van der Waals surface area contributed by atoms with Crippen molar-refractivity contribution in [1.29, 1.82) is 0 Å². The fourth-order valence-corrected chi connectivity index (χ4v) is 2.02. The lowest BCUT2D eigenvalue weighted by atomic mass is 10.2. The number of imidazole rings is 1. The molecule has 1 aromatic carbocycles. The van der Waals surface area contributed by atoms with E-state index in [0.29, 0.717) is 5.56 Å². The number of nitrogens with zero attached hydrogens (tertiary/aromatic N) is 3. The quantitative estimate of drug-likeness (QED) is 0.691. The SMILES string of the molecule is Cn1cnc([N+](=O)[O-])c1NCc1cc(Br)ccc1F. The molecule has 19 heavy (non-hydrogen) atoms. The molecule has 1 heterocycles. The smallest absolute Gasteiger partial charge is 0.360 e. The van der Waals surface area contributed by atoms with E-state index >= 15 is 0 Å². The summed E-state index contributed by atoms with van der Waals surface area (Å²) >= 11 is 3.25. The molecule has 0 atom stereocenters. The van der Waals surface area contributed by atoms with Gasteiger partial charge in [-0.3, -0.25) is 4.57 Å². The molecular weight excluding hydrogens is 319 g/mol. The second-order valence-corrected chi connectivity index (χ2v) is 4.79. The van der Waals surface area contributed by atoms with Crippen molar-refractivity contribution in [3.05, 3.63) is 50.5 Å². The fraction of sp³-hybridized carbons (Fsp3) is 0.182. The molecule has 100 valence electrons. The summed E-state index contributed by atoms with van der Waals surface area (Å²) in [5.41, 5.74) is 0.407. The summed E-state index contributed by atoms with van der Waals surface area (Å²) in [6.07, 6.45) is 1.33. The van der Waals surface area contributed by atoms with E-state index in [-0.39, 0.29) is 24.0 Å². The van der Waals surface area contributed by atoms with E-state index in [1.54, 1.807) is 19.2 Å². The number of halogens is 2. The Balaban J connectivity index is 2.21. The summed E-state index contributed by atoms with van der Waals surface area (Å²) in [5, 5.41) is 13.6. The maximum absolute atomic E-state index is 13.5. The summed E-state index contributed by atoms with van der Waals surface area (Å²) < 4.78 is 15.8. The highest BCUT2D eigenvalue weighted by atomic mass is 79.9. The molecule has 0 saturated carbocycles. The van der Waals surface area contributed by atoms with Crippen LogP contribution in [0.2, 0.25) is 0 Å². The van der Waals surface area contributed by atoms with Gasteiger partial charge in [0.1, 0.15) is 5.82 Å². The van der Waals surface area contributed by atoms with Crippen LogP contribution >= 0.6 is 15.9 Å². The fourth-order valence-electron chi connectivity index (χ4n) is 1.61. The van der Waals surface area contributed by atoms with Crippen LogP contribution in [0.4, 0.5) is 16.0 Å². The van der Waals surface area contributed by atoms with E-state index in [2.05, 4.69) is 26.2 Å². The van der Waals surface area contributed by atoms with Gasteiger partial charge in [0.2, 0.25) is 12.1 Å². The summed E-state index contributed by atoms with van der Waals surface area (Å²) in [4.78, 5) is 13.9. The topological polar surface area (TPSA) is 73.0 Å². The molecule has 6 nitrogen and oxygen atoms in total. The Morgan fingerprint density at radius 2 is 2.32 bits per heavy atom. The predicted molar refractivity (Wildman–Crippen MR) is 71.3 cm³/mol. The minimum Gasteiger partial charge on any atom is -0.360 e. The number of nitrogens with one attached hydrogen (secondary N) is 1. The van der Waals surface area contributed by atoms with Crippen molar-refractivity contribution in [2.24, 2.45) is 7.05 Å². The lowest BCUT2D eigenvalue weighted by Gasteiger charge is -2.07. The van der Waals surface area contributed by atoms with E-state index in [1.165, 1.54) is 17.0 Å². The highest BCUT2D eigenvalue weighted by Crippen LogP contribution is 2.23. The van der Waals surface area contributed by atoms with E-state index in [1.807, 2.05) is 0 Å². The van der Waals surface area contributed by atoms with Crippen molar-refractivity contribution in [2.75, 3.05) is 5.32 Å². The summed E-state index contributed by atoms with van der Waals surface area (Å²) in [7, 11) is 1.62. The average molecular weight is 329 g/mol. The van der Waals surface area contributed by atoms with E-state index in [0.717, 1.165) is 4.47 Å². The van der Waals surface area contributed by atoms with Crippen molar-refractivity contribution in [2.45, 2.75) is 6.54 Å². The van der Waals surface area contributed by atoms with E-state index in [9.17, 15) is 14.5 Å². The van der Waals surface area contributed by atoms with Gasteiger partial charge in [-0.25, -0.2) is 4.39 Å². The van der Waals surface area contributed by atoms with Crippen LogP contribution in [0.25, 0.3) is 0 Å². The van der Waals surface area contributed by atoms with Gasteiger partial charge in [0, 0.05) is 23.6 Å². The Morgan fingerprint density at radius 3 is 3.00 bits per heavy atom. The van der Waals surface area contributed by atoms with Gasteiger partial charge in [-0.1, -0.05) is 15.9 Å². The lowest BCUT2D eigenvalue weighted by molar-refractivity contribution is -0.388. The Hall–Kier alpha value is -1.96. The molecule has 0 radical (unpaired) electrons. The number of nitro groups is 1. The molecule has 0 fully saturated rings. The third-order valence-electron chi connectivity index (χ3n) is 2.54. The monoisotopic (exact) mass is 328 g/mol. The van der Waals surface area contributed by atoms with E-state index < -0.39 is 4.92 Å². The zero-order chi connectivity index (χ0) is 14.0. The zero-order valence-corrected chi connectivity index (χ0v) is 11.5. The molecule has 0 unspecified atom stereocenters. The largest absolute Gasteiger partial charge is 0.406 e. The molecule has 0 spiro atoms. The van der Waals surface area contributed by atoms with Crippen LogP contribution in [-0.2, 0) is 13.6 Å². The van der Waals surface area contributed by atoms with Crippen molar-refractivity contribution >= 4 is 27.6 Å². The van der Waals surface area contributed by atoms with Gasteiger partial charge in [-0.05, 0) is 28.1 Å². The van der Waals surface area contributed by atoms with Gasteiger partial charge in [-0.2, -0.15) is 0 Å². The first kappa shape index (κ1) is 13.5. The van der Waals surface area contributed by atoms with Crippen LogP contribution in [0, 0.1) is 15.9 Å². The first-order chi connectivity index (χ1) is 8.99. The molecule has 0 aliphatic carbocycles. The van der Waals surface area contributed by atoms with Gasteiger partial charge in [0.05, 0.1) is 0 Å². The van der Waals surface area contributed by atoms with Crippen LogP contribution in [0.15, 0.2) is 29.0 Å². The van der Waals surface area contributed by atoms with Gasteiger partial charge in [-0.15, -0.1) is 0 Å². The molecule has 8 heteroatoms. The Labute approximate surface area is 116 Å². The number of anilines is 1. The number of benzene rings is 1. The van der Waals surface area contributed by atoms with Gasteiger partial charge >= 0.3 is 5.82 Å². The normalized spacial score (nSPS) is 10.5. The Bertz CT molecular complexity index is 629. The average Bonchev–Trinajstić information content (AvgIpc) is 2.72.